The summed E-state index contributed by atoms with van der Waals surface area (Å²) < 4.78 is 41.6. The second-order valence-corrected chi connectivity index (χ2v) is 16.0. The van der Waals surface area contributed by atoms with Gasteiger partial charge < -0.3 is 9.47 Å². The Labute approximate surface area is 208 Å². The monoisotopic (exact) mass is 502 g/mol. The predicted octanol–water partition coefficient (Wildman–Crippen LogP) is 4.50. The number of rotatable bonds is 3. The molecule has 7 heteroatoms. The first-order chi connectivity index (χ1) is 16.5. The maximum atomic E-state index is 12.7. The van der Waals surface area contributed by atoms with Gasteiger partial charge in [0.1, 0.15) is 17.8 Å². The molecular formula is C28H38O6S. The molecule has 0 spiro atoms. The van der Waals surface area contributed by atoms with Crippen molar-refractivity contribution in [3.05, 3.63) is 12.2 Å². The summed E-state index contributed by atoms with van der Waals surface area (Å²) >= 11 is 0. The first kappa shape index (κ1) is 22.0. The summed E-state index contributed by atoms with van der Waals surface area (Å²) in [7, 11) is -3.66. The fourth-order valence-corrected chi connectivity index (χ4v) is 12.9. The lowest BCUT2D eigenvalue weighted by Gasteiger charge is -2.51. The minimum atomic E-state index is -3.66. The molecule has 7 fully saturated rings. The van der Waals surface area contributed by atoms with Gasteiger partial charge in [0.2, 0.25) is 0 Å². The molecule has 0 aliphatic heterocycles. The third-order valence-electron chi connectivity index (χ3n) is 12.1. The topological polar surface area (TPSA) is 78.9 Å². The van der Waals surface area contributed by atoms with Crippen LogP contribution in [0.15, 0.2) is 12.2 Å². The largest absolute Gasteiger partial charge is 0.509 e. The van der Waals surface area contributed by atoms with Crippen LogP contribution in [-0.4, -0.2) is 38.6 Å². The van der Waals surface area contributed by atoms with Crippen molar-refractivity contribution in [1.29, 1.82) is 0 Å². The van der Waals surface area contributed by atoms with Gasteiger partial charge in [-0.2, -0.15) is 8.42 Å². The fraction of sp³-hybridized carbons (Fsp3) is 0.893. The van der Waals surface area contributed by atoms with Crippen LogP contribution in [-0.2, 0) is 23.8 Å². The van der Waals surface area contributed by atoms with E-state index in [9.17, 15) is 13.2 Å². The van der Waals surface area contributed by atoms with Crippen LogP contribution in [0, 0.1) is 82.9 Å². The van der Waals surface area contributed by atoms with Crippen molar-refractivity contribution >= 4 is 16.3 Å². The molecule has 0 radical (unpaired) electrons. The summed E-state index contributed by atoms with van der Waals surface area (Å²) in [4.78, 5) is 12.7. The number of carbonyl (C=O) groups excluding carboxylic acids is 1. The van der Waals surface area contributed by atoms with Crippen LogP contribution >= 0.6 is 0 Å². The van der Waals surface area contributed by atoms with E-state index in [1.54, 1.807) is 0 Å². The molecule has 8 aliphatic carbocycles. The highest BCUT2D eigenvalue weighted by Gasteiger charge is 2.77. The molecule has 0 N–H and O–H groups in total. The summed E-state index contributed by atoms with van der Waals surface area (Å²) in [6.45, 7) is 5.46. The average molecular weight is 503 g/mol. The molecule has 8 aliphatic rings. The second-order valence-electron chi connectivity index (χ2n) is 14.4. The van der Waals surface area contributed by atoms with Crippen molar-refractivity contribution in [2.24, 2.45) is 82.9 Å². The van der Waals surface area contributed by atoms with Crippen molar-refractivity contribution in [2.45, 2.75) is 64.3 Å². The van der Waals surface area contributed by atoms with Gasteiger partial charge in [0, 0.05) is 5.92 Å². The molecule has 8 rings (SSSR count). The van der Waals surface area contributed by atoms with Gasteiger partial charge in [-0.25, -0.2) is 4.79 Å². The lowest BCUT2D eigenvalue weighted by molar-refractivity contribution is -0.111. The molecule has 0 aromatic carbocycles. The van der Waals surface area contributed by atoms with Gasteiger partial charge in [-0.1, -0.05) is 12.2 Å². The SMILES string of the molecule is CC(C)(C)OC(=O)OC1C2CC(C1OS(C)(=O)=O)C1C3CC(C21)C1C2CC(C4C5C=CC(C5)C24)C31. The molecule has 192 valence electrons. The van der Waals surface area contributed by atoms with Crippen LogP contribution in [0.2, 0.25) is 0 Å². The molecule has 0 amide bonds. The Morgan fingerprint density at radius 3 is 1.69 bits per heavy atom. The minimum absolute atomic E-state index is 0.165. The standard InChI is InChI=1S/C28H38O6S/c1-28(2,3)33-27(29)32-25-17-10-18(26(25)34-35(4,30)31)24-16-9-15(23(17)24)21-13-8-14(22(16)21)20-12-6-5-11(7-12)19(13)20/h5-6,11-26H,7-10H2,1-4H3. The maximum absolute atomic E-state index is 12.7. The van der Waals surface area contributed by atoms with E-state index in [0.29, 0.717) is 23.7 Å². The zero-order valence-electron chi connectivity index (χ0n) is 21.1. The Bertz CT molecular complexity index is 1110. The number of hydrogen-bond donors (Lipinski definition) is 0. The molecule has 0 aromatic rings. The summed E-state index contributed by atoms with van der Waals surface area (Å²) in [6, 6.07) is 0. The summed E-state index contributed by atoms with van der Waals surface area (Å²) in [5.41, 5.74) is -0.654. The number of allylic oxidation sites excluding steroid dienone is 2. The molecule has 16 unspecified atom stereocenters. The maximum Gasteiger partial charge on any atom is 0.509 e. The molecule has 0 heterocycles. The van der Waals surface area contributed by atoms with Gasteiger partial charge in [0.15, 0.2) is 0 Å². The second kappa shape index (κ2) is 6.67. The zero-order valence-corrected chi connectivity index (χ0v) is 21.9. The van der Waals surface area contributed by atoms with E-state index in [0.717, 1.165) is 60.0 Å². The quantitative estimate of drug-likeness (QED) is 0.245. The zero-order chi connectivity index (χ0) is 24.2. The number of ether oxygens (including phenoxy) is 2. The molecule has 0 aromatic heterocycles. The lowest BCUT2D eigenvalue weighted by Crippen LogP contribution is -2.53. The van der Waals surface area contributed by atoms with Crippen molar-refractivity contribution in [3.8, 4) is 0 Å². The van der Waals surface area contributed by atoms with E-state index in [1.807, 2.05) is 20.8 Å². The lowest BCUT2D eigenvalue weighted by atomic mass is 9.55. The molecular weight excluding hydrogens is 464 g/mol. The van der Waals surface area contributed by atoms with Crippen molar-refractivity contribution in [1.82, 2.24) is 0 Å². The van der Waals surface area contributed by atoms with Gasteiger partial charge in [-0.05, 0) is 123 Å². The number of fused-ring (bicyclic) bond motifs is 23. The Hall–Kier alpha value is -1.08. The van der Waals surface area contributed by atoms with E-state index >= 15 is 0 Å². The van der Waals surface area contributed by atoms with Gasteiger partial charge in [0.05, 0.1) is 6.26 Å². The van der Waals surface area contributed by atoms with Gasteiger partial charge in [-0.3, -0.25) is 4.18 Å². The molecule has 16 atom stereocenters. The summed E-state index contributed by atoms with van der Waals surface area (Å²) in [5.74, 6) is 9.79. The molecule has 35 heavy (non-hydrogen) atoms. The highest BCUT2D eigenvalue weighted by Crippen LogP contribution is 2.80. The fourth-order valence-electron chi connectivity index (χ4n) is 12.3. The van der Waals surface area contributed by atoms with Crippen LogP contribution in [0.1, 0.15) is 46.5 Å². The first-order valence-electron chi connectivity index (χ1n) is 14.0. The Balaban J connectivity index is 1.11. The van der Waals surface area contributed by atoms with Gasteiger partial charge in [-0.15, -0.1) is 0 Å². The van der Waals surface area contributed by atoms with Crippen molar-refractivity contribution in [2.75, 3.05) is 6.26 Å². The predicted molar refractivity (Wildman–Crippen MR) is 127 cm³/mol. The molecule has 8 bridgehead atoms. The van der Waals surface area contributed by atoms with Crippen LogP contribution in [0.25, 0.3) is 0 Å². The summed E-state index contributed by atoms with van der Waals surface area (Å²) in [5, 5.41) is 0. The highest BCUT2D eigenvalue weighted by atomic mass is 32.2. The van der Waals surface area contributed by atoms with Gasteiger partial charge in [0.25, 0.3) is 10.1 Å². The Kier molecular flexibility index (Phi) is 4.18. The van der Waals surface area contributed by atoms with E-state index < -0.39 is 34.1 Å². The van der Waals surface area contributed by atoms with E-state index in [4.69, 9.17) is 13.7 Å². The smallest absolute Gasteiger partial charge is 0.429 e. The van der Waals surface area contributed by atoms with Crippen LogP contribution in [0.3, 0.4) is 0 Å². The Morgan fingerprint density at radius 2 is 1.17 bits per heavy atom. The van der Waals surface area contributed by atoms with Crippen LogP contribution < -0.4 is 0 Å². The van der Waals surface area contributed by atoms with E-state index in [1.165, 1.54) is 19.3 Å². The number of carbonyl (C=O) groups is 1. The minimum Gasteiger partial charge on any atom is -0.429 e. The molecule has 0 saturated heterocycles. The van der Waals surface area contributed by atoms with E-state index in [2.05, 4.69) is 12.2 Å². The van der Waals surface area contributed by atoms with E-state index in [-0.39, 0.29) is 11.8 Å². The third kappa shape index (κ3) is 2.81. The average Bonchev–Trinajstić information content (AvgIpc) is 3.55. The normalized spacial score (nSPS) is 57.6. The van der Waals surface area contributed by atoms with Crippen molar-refractivity contribution < 1.29 is 26.9 Å². The number of hydrogen-bond acceptors (Lipinski definition) is 6. The first-order valence-corrected chi connectivity index (χ1v) is 15.8. The Morgan fingerprint density at radius 1 is 0.714 bits per heavy atom. The van der Waals surface area contributed by atoms with Crippen molar-refractivity contribution in [3.63, 3.8) is 0 Å². The third-order valence-corrected chi connectivity index (χ3v) is 12.7. The molecule has 6 nitrogen and oxygen atoms in total. The van der Waals surface area contributed by atoms with Crippen LogP contribution in [0.4, 0.5) is 4.79 Å². The summed E-state index contributed by atoms with van der Waals surface area (Å²) in [6.07, 6.45) is 9.44. The molecule has 7 saturated carbocycles. The van der Waals surface area contributed by atoms with Crippen LogP contribution in [0.5, 0.6) is 0 Å². The van der Waals surface area contributed by atoms with Gasteiger partial charge >= 0.3 is 6.16 Å². The highest BCUT2D eigenvalue weighted by molar-refractivity contribution is 7.86.